The Morgan fingerprint density at radius 2 is 2.18 bits per heavy atom. The van der Waals surface area contributed by atoms with Crippen LogP contribution in [0.5, 0.6) is 0 Å². The highest BCUT2D eigenvalue weighted by molar-refractivity contribution is 5.93. The van der Waals surface area contributed by atoms with Crippen LogP contribution in [0.4, 0.5) is 11.4 Å². The highest BCUT2D eigenvalue weighted by Crippen LogP contribution is 2.37. The van der Waals surface area contributed by atoms with E-state index in [2.05, 4.69) is 46.4 Å². The van der Waals surface area contributed by atoms with Gasteiger partial charge in [-0.05, 0) is 43.5 Å². The molecule has 22 heavy (non-hydrogen) atoms. The summed E-state index contributed by atoms with van der Waals surface area (Å²) < 4.78 is 0. The first-order valence-electron chi connectivity index (χ1n) is 7.82. The molecule has 3 rings (SSSR count). The fraction of sp³-hybridized carbons (Fsp3) is 0.333. The Labute approximate surface area is 131 Å². The molecule has 1 aromatic heterocycles. The van der Waals surface area contributed by atoms with E-state index in [4.69, 9.17) is 0 Å². The van der Waals surface area contributed by atoms with Gasteiger partial charge in [-0.1, -0.05) is 25.1 Å². The maximum absolute atomic E-state index is 12.1. The molecule has 0 saturated carbocycles. The lowest BCUT2D eigenvalue weighted by Gasteiger charge is -2.25. The molecule has 0 radical (unpaired) electrons. The van der Waals surface area contributed by atoms with Gasteiger partial charge in [0.05, 0.1) is 0 Å². The van der Waals surface area contributed by atoms with Gasteiger partial charge in [-0.2, -0.15) is 0 Å². The predicted octanol–water partition coefficient (Wildman–Crippen LogP) is 3.30. The van der Waals surface area contributed by atoms with E-state index in [1.165, 1.54) is 11.3 Å². The van der Waals surface area contributed by atoms with Gasteiger partial charge in [0.25, 0.3) is 5.91 Å². The van der Waals surface area contributed by atoms with Crippen LogP contribution in [0.3, 0.4) is 0 Å². The molecule has 0 saturated heterocycles. The van der Waals surface area contributed by atoms with Crippen molar-refractivity contribution < 1.29 is 4.79 Å². The zero-order valence-corrected chi connectivity index (χ0v) is 13.0. The van der Waals surface area contributed by atoms with Crippen molar-refractivity contribution in [3.8, 4) is 0 Å². The zero-order chi connectivity index (χ0) is 15.5. The second-order valence-electron chi connectivity index (χ2n) is 5.71. The molecule has 0 bridgehead atoms. The third-order valence-electron chi connectivity index (χ3n) is 4.00. The fourth-order valence-electron chi connectivity index (χ4n) is 2.98. The smallest absolute Gasteiger partial charge is 0.269 e. The summed E-state index contributed by atoms with van der Waals surface area (Å²) in [6.07, 6.45) is 3.65. The van der Waals surface area contributed by atoms with Crippen LogP contribution in [-0.2, 0) is 6.42 Å². The number of nitrogens with one attached hydrogen (secondary N) is 1. The van der Waals surface area contributed by atoms with E-state index in [-0.39, 0.29) is 5.91 Å². The number of carbonyl (C=O) groups excluding carboxylic acids is 1. The molecule has 1 unspecified atom stereocenters. The average Bonchev–Trinajstić information content (AvgIpc) is 2.88. The van der Waals surface area contributed by atoms with Gasteiger partial charge in [-0.15, -0.1) is 0 Å². The Balaban J connectivity index is 1.91. The molecule has 4 nitrogen and oxygen atoms in total. The van der Waals surface area contributed by atoms with Crippen molar-refractivity contribution in [1.82, 2.24) is 10.3 Å². The van der Waals surface area contributed by atoms with Crippen LogP contribution in [0.15, 0.2) is 42.6 Å². The molecular formula is C18H21N3O. The monoisotopic (exact) mass is 295 g/mol. The van der Waals surface area contributed by atoms with Crippen molar-refractivity contribution in [2.24, 2.45) is 0 Å². The molecule has 1 aromatic carbocycles. The van der Waals surface area contributed by atoms with Gasteiger partial charge in [-0.3, -0.25) is 9.78 Å². The Bertz CT molecular complexity index is 684. The molecule has 1 atom stereocenters. The second-order valence-corrected chi connectivity index (χ2v) is 5.71. The molecule has 1 N–H and O–H groups in total. The SMILES string of the molecule is CCCNC(=O)c1cc(N2c3ccccc3CC2C)ccn1. The van der Waals surface area contributed by atoms with E-state index in [0.29, 0.717) is 18.3 Å². The third kappa shape index (κ3) is 2.69. The highest BCUT2D eigenvalue weighted by Gasteiger charge is 2.27. The number of aromatic nitrogens is 1. The average molecular weight is 295 g/mol. The van der Waals surface area contributed by atoms with Crippen LogP contribution in [0.2, 0.25) is 0 Å². The zero-order valence-electron chi connectivity index (χ0n) is 13.0. The predicted molar refractivity (Wildman–Crippen MR) is 88.6 cm³/mol. The molecule has 114 valence electrons. The van der Waals surface area contributed by atoms with Crippen LogP contribution in [0.25, 0.3) is 0 Å². The fourth-order valence-corrected chi connectivity index (χ4v) is 2.98. The summed E-state index contributed by atoms with van der Waals surface area (Å²) in [5.74, 6) is -0.108. The van der Waals surface area contributed by atoms with E-state index in [1.54, 1.807) is 6.20 Å². The number of para-hydroxylation sites is 1. The van der Waals surface area contributed by atoms with Gasteiger partial charge in [-0.25, -0.2) is 0 Å². The number of benzene rings is 1. The number of nitrogens with zero attached hydrogens (tertiary/aromatic N) is 2. The lowest BCUT2D eigenvalue weighted by Crippen LogP contribution is -2.27. The Morgan fingerprint density at radius 3 is 3.00 bits per heavy atom. The number of hydrogen-bond donors (Lipinski definition) is 1. The second kappa shape index (κ2) is 6.18. The number of hydrogen-bond acceptors (Lipinski definition) is 3. The van der Waals surface area contributed by atoms with Crippen molar-refractivity contribution in [2.45, 2.75) is 32.7 Å². The normalized spacial score (nSPS) is 16.5. The lowest BCUT2D eigenvalue weighted by molar-refractivity contribution is 0.0948. The molecule has 1 aliphatic rings. The minimum absolute atomic E-state index is 0.108. The molecular weight excluding hydrogens is 274 g/mol. The first-order valence-corrected chi connectivity index (χ1v) is 7.82. The maximum Gasteiger partial charge on any atom is 0.269 e. The van der Waals surface area contributed by atoms with Crippen LogP contribution >= 0.6 is 0 Å². The van der Waals surface area contributed by atoms with E-state index in [9.17, 15) is 4.79 Å². The molecule has 2 aromatic rings. The van der Waals surface area contributed by atoms with Gasteiger partial charge in [0.1, 0.15) is 5.69 Å². The lowest BCUT2D eigenvalue weighted by atomic mass is 10.1. The topological polar surface area (TPSA) is 45.2 Å². The molecule has 2 heterocycles. The third-order valence-corrected chi connectivity index (χ3v) is 4.00. The van der Waals surface area contributed by atoms with Gasteiger partial charge < -0.3 is 10.2 Å². The molecule has 1 aliphatic heterocycles. The number of pyridine rings is 1. The summed E-state index contributed by atoms with van der Waals surface area (Å²) in [6.45, 7) is 4.91. The summed E-state index contributed by atoms with van der Waals surface area (Å²) in [5, 5.41) is 2.88. The number of anilines is 2. The van der Waals surface area contributed by atoms with Crippen molar-refractivity contribution >= 4 is 17.3 Å². The van der Waals surface area contributed by atoms with Crippen LogP contribution in [0.1, 0.15) is 36.3 Å². The summed E-state index contributed by atoms with van der Waals surface area (Å²) in [6, 6.07) is 12.7. The molecule has 0 fully saturated rings. The largest absolute Gasteiger partial charge is 0.351 e. The van der Waals surface area contributed by atoms with Crippen LogP contribution in [-0.4, -0.2) is 23.5 Å². The molecule has 4 heteroatoms. The summed E-state index contributed by atoms with van der Waals surface area (Å²) in [7, 11) is 0. The standard InChI is InChI=1S/C18H21N3O/c1-3-9-20-18(22)16-12-15(8-10-19-16)21-13(2)11-14-6-4-5-7-17(14)21/h4-8,10,12-13H,3,9,11H2,1-2H3,(H,20,22). The highest BCUT2D eigenvalue weighted by atomic mass is 16.1. The Kier molecular flexibility index (Phi) is 4.09. The van der Waals surface area contributed by atoms with Gasteiger partial charge in [0, 0.05) is 30.2 Å². The van der Waals surface area contributed by atoms with E-state index in [1.807, 2.05) is 19.1 Å². The first kappa shape index (κ1) is 14.6. The number of carbonyl (C=O) groups is 1. The van der Waals surface area contributed by atoms with Gasteiger partial charge in [0.15, 0.2) is 0 Å². The van der Waals surface area contributed by atoms with Gasteiger partial charge >= 0.3 is 0 Å². The minimum atomic E-state index is -0.108. The molecule has 1 amide bonds. The summed E-state index contributed by atoms with van der Waals surface area (Å²) in [5.41, 5.74) is 4.07. The quantitative estimate of drug-likeness (QED) is 0.941. The summed E-state index contributed by atoms with van der Waals surface area (Å²) >= 11 is 0. The minimum Gasteiger partial charge on any atom is -0.351 e. The van der Waals surface area contributed by atoms with Crippen molar-refractivity contribution in [3.05, 3.63) is 53.9 Å². The van der Waals surface area contributed by atoms with Crippen molar-refractivity contribution in [2.75, 3.05) is 11.4 Å². The van der Waals surface area contributed by atoms with Crippen LogP contribution in [0, 0.1) is 0 Å². The van der Waals surface area contributed by atoms with Crippen LogP contribution < -0.4 is 10.2 Å². The number of fused-ring (bicyclic) bond motifs is 1. The molecule has 0 aliphatic carbocycles. The number of rotatable bonds is 4. The molecule has 0 spiro atoms. The maximum atomic E-state index is 12.1. The van der Waals surface area contributed by atoms with E-state index >= 15 is 0 Å². The Hall–Kier alpha value is -2.36. The summed E-state index contributed by atoms with van der Waals surface area (Å²) in [4.78, 5) is 18.6. The van der Waals surface area contributed by atoms with E-state index < -0.39 is 0 Å². The van der Waals surface area contributed by atoms with Crippen molar-refractivity contribution in [3.63, 3.8) is 0 Å². The number of amides is 1. The Morgan fingerprint density at radius 1 is 1.36 bits per heavy atom. The van der Waals surface area contributed by atoms with E-state index in [0.717, 1.165) is 18.5 Å². The first-order chi connectivity index (χ1) is 10.7. The van der Waals surface area contributed by atoms with Gasteiger partial charge in [0.2, 0.25) is 0 Å². The van der Waals surface area contributed by atoms with Crippen molar-refractivity contribution in [1.29, 1.82) is 0 Å².